The molecule has 0 aliphatic heterocycles. The lowest BCUT2D eigenvalue weighted by Gasteiger charge is -2.24. The molecule has 0 amide bonds. The summed E-state index contributed by atoms with van der Waals surface area (Å²) in [6.45, 7) is 0. The molecule has 3 unspecified atom stereocenters. The average molecular weight is 262 g/mol. The fourth-order valence-electron chi connectivity index (χ4n) is 2.76. The highest BCUT2D eigenvalue weighted by Gasteiger charge is 2.28. The molecule has 3 atom stereocenters. The van der Waals surface area contributed by atoms with Crippen LogP contribution in [0.15, 0.2) is 30.3 Å². The quantitative estimate of drug-likeness (QED) is 0.877. The summed E-state index contributed by atoms with van der Waals surface area (Å²) in [5, 5.41) is 19.2. The molecular weight excluding hydrogens is 240 g/mol. The van der Waals surface area contributed by atoms with Crippen LogP contribution in [-0.2, 0) is 11.2 Å². The van der Waals surface area contributed by atoms with Crippen LogP contribution in [-0.4, -0.2) is 28.2 Å². The summed E-state index contributed by atoms with van der Waals surface area (Å²) in [5.41, 5.74) is 1.29. The van der Waals surface area contributed by atoms with E-state index in [1.54, 1.807) is 0 Å². The molecule has 1 aliphatic rings. The van der Waals surface area contributed by atoms with Crippen LogP contribution in [0.3, 0.4) is 0 Å². The first-order chi connectivity index (χ1) is 9.16. The van der Waals surface area contributed by atoms with Crippen LogP contribution in [0.4, 0.5) is 0 Å². The highest BCUT2D eigenvalue weighted by atomic mass is 16.3. The van der Waals surface area contributed by atoms with Gasteiger partial charge in [0.2, 0.25) is 0 Å². The molecule has 3 heteroatoms. The Morgan fingerprint density at radius 3 is 2.58 bits per heavy atom. The number of Topliss-reactive ketones (excluding diaryl/α,β-unsaturated/α-hetero) is 1. The third kappa shape index (κ3) is 4.15. The number of carbonyl (C=O) groups excluding carboxylic acids is 1. The summed E-state index contributed by atoms with van der Waals surface area (Å²) in [6.07, 6.45) is 2.64. The van der Waals surface area contributed by atoms with Gasteiger partial charge in [0, 0.05) is 6.42 Å². The van der Waals surface area contributed by atoms with E-state index < -0.39 is 12.2 Å². The topological polar surface area (TPSA) is 57.5 Å². The summed E-state index contributed by atoms with van der Waals surface area (Å²) in [7, 11) is 0. The number of aryl methyl sites for hydroxylation is 1. The highest BCUT2D eigenvalue weighted by Crippen LogP contribution is 2.25. The average Bonchev–Trinajstić information content (AvgIpc) is 2.43. The summed E-state index contributed by atoms with van der Waals surface area (Å²) in [6, 6.07) is 10.3. The summed E-state index contributed by atoms with van der Waals surface area (Å²) in [4.78, 5) is 11.8. The van der Waals surface area contributed by atoms with E-state index in [-0.39, 0.29) is 5.78 Å². The smallest absolute Gasteiger partial charge is 0.164 e. The number of benzene rings is 1. The zero-order chi connectivity index (χ0) is 13.7. The molecule has 2 N–H and O–H groups in total. The van der Waals surface area contributed by atoms with Gasteiger partial charge in [-0.1, -0.05) is 36.8 Å². The van der Waals surface area contributed by atoms with Crippen molar-refractivity contribution in [3.05, 3.63) is 35.9 Å². The first kappa shape index (κ1) is 14.2. The van der Waals surface area contributed by atoms with E-state index >= 15 is 0 Å². The van der Waals surface area contributed by atoms with Gasteiger partial charge < -0.3 is 10.2 Å². The fraction of sp³-hybridized carbons (Fsp3) is 0.562. The Morgan fingerprint density at radius 1 is 1.11 bits per heavy atom. The van der Waals surface area contributed by atoms with Gasteiger partial charge >= 0.3 is 0 Å². The van der Waals surface area contributed by atoms with Gasteiger partial charge in [0.25, 0.3) is 0 Å². The Labute approximate surface area is 114 Å². The molecule has 1 fully saturated rings. The van der Waals surface area contributed by atoms with Crippen molar-refractivity contribution >= 4 is 5.78 Å². The Bertz CT molecular complexity index is 402. The molecule has 0 aromatic heterocycles. The molecule has 104 valence electrons. The SMILES string of the molecule is O=C1CC(CCc2ccccc2)CCCC(O)C1O. The Hall–Kier alpha value is -1.19. The monoisotopic (exact) mass is 262 g/mol. The van der Waals surface area contributed by atoms with Crippen molar-refractivity contribution in [2.45, 2.75) is 50.7 Å². The van der Waals surface area contributed by atoms with E-state index in [4.69, 9.17) is 0 Å². The van der Waals surface area contributed by atoms with E-state index in [9.17, 15) is 15.0 Å². The standard InChI is InChI=1S/C16H22O3/c17-14-8-4-7-13(11-15(18)16(14)19)10-9-12-5-2-1-3-6-12/h1-3,5-6,13-14,16-17,19H,4,7-11H2. The highest BCUT2D eigenvalue weighted by molar-refractivity contribution is 5.83. The molecule has 0 heterocycles. The lowest BCUT2D eigenvalue weighted by molar-refractivity contribution is -0.135. The van der Waals surface area contributed by atoms with Gasteiger partial charge in [0.05, 0.1) is 6.10 Å². The normalized spacial score (nSPS) is 28.7. The maximum atomic E-state index is 11.8. The molecular formula is C16H22O3. The maximum absolute atomic E-state index is 11.8. The molecule has 3 nitrogen and oxygen atoms in total. The van der Waals surface area contributed by atoms with Gasteiger partial charge in [-0.3, -0.25) is 4.79 Å². The first-order valence-corrected chi connectivity index (χ1v) is 7.09. The van der Waals surface area contributed by atoms with Crippen LogP contribution in [0.1, 0.15) is 37.7 Å². The minimum atomic E-state index is -1.18. The molecule has 1 saturated carbocycles. The molecule has 0 bridgehead atoms. The van der Waals surface area contributed by atoms with Crippen molar-refractivity contribution in [2.24, 2.45) is 5.92 Å². The number of ketones is 1. The van der Waals surface area contributed by atoms with E-state index in [2.05, 4.69) is 12.1 Å². The van der Waals surface area contributed by atoms with Crippen LogP contribution in [0.25, 0.3) is 0 Å². The molecule has 1 aliphatic carbocycles. The van der Waals surface area contributed by atoms with Crippen LogP contribution in [0.5, 0.6) is 0 Å². The molecule has 19 heavy (non-hydrogen) atoms. The van der Waals surface area contributed by atoms with Gasteiger partial charge in [-0.2, -0.15) is 0 Å². The van der Waals surface area contributed by atoms with Crippen LogP contribution in [0, 0.1) is 5.92 Å². The number of hydrogen-bond acceptors (Lipinski definition) is 3. The summed E-state index contributed by atoms with van der Waals surface area (Å²) >= 11 is 0. The zero-order valence-corrected chi connectivity index (χ0v) is 11.2. The number of aliphatic hydroxyl groups excluding tert-OH is 2. The number of aliphatic hydroxyl groups is 2. The first-order valence-electron chi connectivity index (χ1n) is 7.09. The van der Waals surface area contributed by atoms with Crippen LogP contribution in [0.2, 0.25) is 0 Å². The van der Waals surface area contributed by atoms with E-state index in [0.29, 0.717) is 18.8 Å². The van der Waals surface area contributed by atoms with Crippen molar-refractivity contribution in [2.75, 3.05) is 0 Å². The zero-order valence-electron chi connectivity index (χ0n) is 11.2. The molecule has 0 saturated heterocycles. The summed E-state index contributed by atoms with van der Waals surface area (Å²) in [5.74, 6) is 0.125. The third-order valence-corrected chi connectivity index (χ3v) is 3.98. The van der Waals surface area contributed by atoms with Gasteiger partial charge in [-0.25, -0.2) is 0 Å². The van der Waals surface area contributed by atoms with Gasteiger partial charge in [0.1, 0.15) is 6.10 Å². The van der Waals surface area contributed by atoms with E-state index in [0.717, 1.165) is 25.7 Å². The second-order valence-electron chi connectivity index (χ2n) is 5.50. The molecule has 1 aromatic carbocycles. The predicted octanol–water partition coefficient (Wildman–Crippen LogP) is 2.10. The fourth-order valence-corrected chi connectivity index (χ4v) is 2.76. The summed E-state index contributed by atoms with van der Waals surface area (Å²) < 4.78 is 0. The van der Waals surface area contributed by atoms with Gasteiger partial charge in [0.15, 0.2) is 5.78 Å². The lowest BCUT2D eigenvalue weighted by Crippen LogP contribution is -2.36. The second kappa shape index (κ2) is 6.83. The Kier molecular flexibility index (Phi) is 5.11. The largest absolute Gasteiger partial charge is 0.390 e. The number of rotatable bonds is 3. The Morgan fingerprint density at radius 2 is 1.84 bits per heavy atom. The van der Waals surface area contributed by atoms with E-state index in [1.165, 1.54) is 5.56 Å². The minimum absolute atomic E-state index is 0.203. The van der Waals surface area contributed by atoms with E-state index in [1.807, 2.05) is 18.2 Å². The van der Waals surface area contributed by atoms with Gasteiger partial charge in [-0.05, 0) is 37.2 Å². The molecule has 2 rings (SSSR count). The van der Waals surface area contributed by atoms with Crippen molar-refractivity contribution in [1.29, 1.82) is 0 Å². The van der Waals surface area contributed by atoms with Crippen LogP contribution < -0.4 is 0 Å². The second-order valence-corrected chi connectivity index (χ2v) is 5.50. The van der Waals surface area contributed by atoms with Crippen molar-refractivity contribution in [1.82, 2.24) is 0 Å². The van der Waals surface area contributed by atoms with Crippen molar-refractivity contribution in [3.63, 3.8) is 0 Å². The number of hydrogen-bond donors (Lipinski definition) is 2. The molecule has 0 radical (unpaired) electrons. The third-order valence-electron chi connectivity index (χ3n) is 3.98. The van der Waals surface area contributed by atoms with Crippen molar-refractivity contribution in [3.8, 4) is 0 Å². The molecule has 1 aromatic rings. The van der Waals surface area contributed by atoms with Gasteiger partial charge in [-0.15, -0.1) is 0 Å². The van der Waals surface area contributed by atoms with Crippen LogP contribution >= 0.6 is 0 Å². The Balaban J connectivity index is 1.88. The van der Waals surface area contributed by atoms with Crippen molar-refractivity contribution < 1.29 is 15.0 Å². The lowest BCUT2D eigenvalue weighted by atomic mass is 9.84. The maximum Gasteiger partial charge on any atom is 0.164 e. The minimum Gasteiger partial charge on any atom is -0.390 e. The number of carbonyl (C=O) groups is 1. The molecule has 0 spiro atoms. The predicted molar refractivity (Wildman–Crippen MR) is 73.7 cm³/mol.